The molecule has 2 unspecified atom stereocenters. The van der Waals surface area contributed by atoms with Crippen molar-refractivity contribution in [2.24, 2.45) is 0 Å². The number of rotatable bonds is 2. The summed E-state index contributed by atoms with van der Waals surface area (Å²) >= 11 is 0. The van der Waals surface area contributed by atoms with Crippen LogP contribution in [0.25, 0.3) is 0 Å². The number of hydrogen-bond donors (Lipinski definition) is 1. The molecule has 0 spiro atoms. The summed E-state index contributed by atoms with van der Waals surface area (Å²) in [5.41, 5.74) is 0. The van der Waals surface area contributed by atoms with Crippen LogP contribution in [0.15, 0.2) is 11.5 Å². The molecule has 0 aromatic carbocycles. The van der Waals surface area contributed by atoms with E-state index in [0.717, 1.165) is 0 Å². The SMILES string of the molecule is C=C(C(C)O)S(C)=O. The van der Waals surface area contributed by atoms with Gasteiger partial charge in [-0.25, -0.2) is 0 Å². The molecular weight excluding hydrogens is 124 g/mol. The molecule has 3 heteroatoms. The van der Waals surface area contributed by atoms with Crippen LogP contribution in [0.1, 0.15) is 6.92 Å². The normalized spacial score (nSPS) is 17.4. The third kappa shape index (κ3) is 2.23. The lowest BCUT2D eigenvalue weighted by Gasteiger charge is -2.02. The first-order chi connectivity index (χ1) is 3.55. The summed E-state index contributed by atoms with van der Waals surface area (Å²) in [7, 11) is -1.08. The Hall–Kier alpha value is -0.150. The monoisotopic (exact) mass is 134 g/mol. The highest BCUT2D eigenvalue weighted by Gasteiger charge is 2.03. The zero-order chi connectivity index (χ0) is 6.73. The van der Waals surface area contributed by atoms with Crippen molar-refractivity contribution in [1.29, 1.82) is 0 Å². The van der Waals surface area contributed by atoms with Crippen LogP contribution in [-0.2, 0) is 10.8 Å². The molecule has 0 amide bonds. The smallest absolute Gasteiger partial charge is 0.0839 e. The van der Waals surface area contributed by atoms with Crippen molar-refractivity contribution in [1.82, 2.24) is 0 Å². The highest BCUT2D eigenvalue weighted by molar-refractivity contribution is 7.88. The Kier molecular flexibility index (Phi) is 2.94. The van der Waals surface area contributed by atoms with Crippen molar-refractivity contribution in [2.45, 2.75) is 13.0 Å². The molecule has 0 aliphatic rings. The van der Waals surface area contributed by atoms with E-state index in [0.29, 0.717) is 4.91 Å². The van der Waals surface area contributed by atoms with E-state index in [1.54, 1.807) is 6.92 Å². The van der Waals surface area contributed by atoms with Gasteiger partial charge in [0.25, 0.3) is 0 Å². The van der Waals surface area contributed by atoms with E-state index in [4.69, 9.17) is 5.11 Å². The third-order valence-electron chi connectivity index (χ3n) is 0.835. The molecule has 0 radical (unpaired) electrons. The average molecular weight is 134 g/mol. The molecule has 0 aliphatic carbocycles. The molecule has 0 fully saturated rings. The van der Waals surface area contributed by atoms with Crippen molar-refractivity contribution in [3.63, 3.8) is 0 Å². The van der Waals surface area contributed by atoms with Gasteiger partial charge in [-0.1, -0.05) is 6.58 Å². The van der Waals surface area contributed by atoms with E-state index in [9.17, 15) is 4.21 Å². The maximum absolute atomic E-state index is 10.4. The van der Waals surface area contributed by atoms with Gasteiger partial charge in [-0.3, -0.25) is 4.21 Å². The van der Waals surface area contributed by atoms with Crippen LogP contribution >= 0.6 is 0 Å². The summed E-state index contributed by atoms with van der Waals surface area (Å²) in [5.74, 6) is 0. The molecule has 1 N–H and O–H groups in total. The predicted molar refractivity (Wildman–Crippen MR) is 34.9 cm³/mol. The van der Waals surface area contributed by atoms with E-state index in [1.165, 1.54) is 6.26 Å². The van der Waals surface area contributed by atoms with Gasteiger partial charge in [0.05, 0.1) is 6.10 Å². The van der Waals surface area contributed by atoms with E-state index in [2.05, 4.69) is 6.58 Å². The van der Waals surface area contributed by atoms with Crippen LogP contribution in [0.2, 0.25) is 0 Å². The van der Waals surface area contributed by atoms with Gasteiger partial charge in [-0.05, 0) is 6.92 Å². The van der Waals surface area contributed by atoms with Crippen LogP contribution in [0.5, 0.6) is 0 Å². The van der Waals surface area contributed by atoms with E-state index >= 15 is 0 Å². The van der Waals surface area contributed by atoms with Gasteiger partial charge in [-0.15, -0.1) is 0 Å². The summed E-state index contributed by atoms with van der Waals surface area (Å²) < 4.78 is 10.4. The topological polar surface area (TPSA) is 37.3 Å². The fourth-order valence-corrected chi connectivity index (χ4v) is 0.721. The summed E-state index contributed by atoms with van der Waals surface area (Å²) in [6.07, 6.45) is 0.843. The molecule has 0 aromatic rings. The van der Waals surface area contributed by atoms with Crippen LogP contribution in [0.3, 0.4) is 0 Å². The Labute approximate surface area is 51.7 Å². The molecule has 0 rings (SSSR count). The number of aliphatic hydroxyl groups excluding tert-OH is 1. The van der Waals surface area contributed by atoms with Crippen molar-refractivity contribution >= 4 is 10.8 Å². The highest BCUT2D eigenvalue weighted by Crippen LogP contribution is 2.00. The van der Waals surface area contributed by atoms with Crippen molar-refractivity contribution in [3.05, 3.63) is 11.5 Å². The first kappa shape index (κ1) is 7.85. The molecule has 0 saturated carbocycles. The van der Waals surface area contributed by atoms with Gasteiger partial charge in [-0.2, -0.15) is 0 Å². The highest BCUT2D eigenvalue weighted by atomic mass is 32.2. The van der Waals surface area contributed by atoms with E-state index in [-0.39, 0.29) is 0 Å². The quantitative estimate of drug-likeness (QED) is 0.588. The summed E-state index contributed by atoms with van der Waals surface area (Å²) in [6, 6.07) is 0. The molecule has 2 atom stereocenters. The molecule has 48 valence electrons. The van der Waals surface area contributed by atoms with Gasteiger partial charge in [0.2, 0.25) is 0 Å². The lowest BCUT2D eigenvalue weighted by molar-refractivity contribution is 0.240. The van der Waals surface area contributed by atoms with Crippen LogP contribution in [0, 0.1) is 0 Å². The Bertz CT molecular complexity index is 118. The van der Waals surface area contributed by atoms with E-state index < -0.39 is 16.9 Å². The summed E-state index contributed by atoms with van der Waals surface area (Å²) in [5, 5.41) is 8.70. The Balaban J connectivity index is 3.84. The largest absolute Gasteiger partial charge is 0.388 e. The molecular formula is C5H10O2S. The average Bonchev–Trinajstić information content (AvgIpc) is 1.64. The van der Waals surface area contributed by atoms with Gasteiger partial charge in [0.1, 0.15) is 0 Å². The second-order valence-electron chi connectivity index (χ2n) is 1.60. The number of hydrogen-bond acceptors (Lipinski definition) is 2. The van der Waals surface area contributed by atoms with Gasteiger partial charge in [0, 0.05) is 22.0 Å². The lowest BCUT2D eigenvalue weighted by Crippen LogP contribution is -2.06. The standard InChI is InChI=1S/C5H10O2S/c1-4(6)5(2)8(3)7/h4,6H,2H2,1,3H3. The minimum Gasteiger partial charge on any atom is -0.388 e. The first-order valence-electron chi connectivity index (χ1n) is 2.26. The number of aliphatic hydroxyl groups is 1. The van der Waals surface area contributed by atoms with Crippen LogP contribution in [-0.4, -0.2) is 21.7 Å². The summed E-state index contributed by atoms with van der Waals surface area (Å²) in [4.78, 5) is 0.380. The molecule has 8 heavy (non-hydrogen) atoms. The van der Waals surface area contributed by atoms with Crippen molar-refractivity contribution in [3.8, 4) is 0 Å². The Morgan fingerprint density at radius 1 is 1.88 bits per heavy atom. The molecule has 2 nitrogen and oxygen atoms in total. The lowest BCUT2D eigenvalue weighted by atomic mass is 10.4. The van der Waals surface area contributed by atoms with E-state index in [1.807, 2.05) is 0 Å². The predicted octanol–water partition coefficient (Wildman–Crippen LogP) is 0.259. The minimum absolute atomic E-state index is 0.380. The van der Waals surface area contributed by atoms with Gasteiger partial charge in [0.15, 0.2) is 0 Å². The minimum atomic E-state index is -1.08. The van der Waals surface area contributed by atoms with Crippen molar-refractivity contribution in [2.75, 3.05) is 6.26 Å². The zero-order valence-corrected chi connectivity index (χ0v) is 5.86. The third-order valence-corrected chi connectivity index (χ3v) is 1.91. The second-order valence-corrected chi connectivity index (χ2v) is 3.03. The molecule has 0 heterocycles. The molecule has 0 bridgehead atoms. The van der Waals surface area contributed by atoms with Gasteiger partial charge >= 0.3 is 0 Å². The van der Waals surface area contributed by atoms with Gasteiger partial charge < -0.3 is 5.11 Å². The summed E-state index contributed by atoms with van der Waals surface area (Å²) in [6.45, 7) is 4.95. The second kappa shape index (κ2) is 2.99. The Morgan fingerprint density at radius 2 is 2.25 bits per heavy atom. The van der Waals surface area contributed by atoms with Crippen LogP contribution in [0.4, 0.5) is 0 Å². The fraction of sp³-hybridized carbons (Fsp3) is 0.600. The zero-order valence-electron chi connectivity index (χ0n) is 5.05. The van der Waals surface area contributed by atoms with Crippen molar-refractivity contribution < 1.29 is 9.32 Å². The Morgan fingerprint density at radius 3 is 2.25 bits per heavy atom. The molecule has 0 saturated heterocycles. The first-order valence-corrected chi connectivity index (χ1v) is 3.81. The maximum atomic E-state index is 10.4. The van der Waals surface area contributed by atoms with Crippen LogP contribution < -0.4 is 0 Å². The maximum Gasteiger partial charge on any atom is 0.0839 e. The molecule has 0 aromatic heterocycles. The molecule has 0 aliphatic heterocycles. The fourth-order valence-electron chi connectivity index (χ4n) is 0.240.